The smallest absolute Gasteiger partial charge is 0.251 e. The first-order valence-electron chi connectivity index (χ1n) is 5.29. The summed E-state index contributed by atoms with van der Waals surface area (Å²) in [4.78, 5) is 16.7. The summed E-state index contributed by atoms with van der Waals surface area (Å²) in [6, 6.07) is 9.16. The van der Waals surface area contributed by atoms with Crippen LogP contribution in [0, 0.1) is 0 Å². The van der Waals surface area contributed by atoms with Crippen molar-refractivity contribution in [1.29, 1.82) is 0 Å². The average Bonchev–Trinajstić information content (AvgIpc) is 2.76. The van der Waals surface area contributed by atoms with E-state index < -0.39 is 0 Å². The molecule has 3 N–H and O–H groups in total. The van der Waals surface area contributed by atoms with Crippen molar-refractivity contribution in [1.82, 2.24) is 10.3 Å². The summed E-state index contributed by atoms with van der Waals surface area (Å²) < 4.78 is 0. The Hall–Kier alpha value is -1.88. The lowest BCUT2D eigenvalue weighted by atomic mass is 10.2. The predicted molar refractivity (Wildman–Crippen MR) is 69.0 cm³/mol. The lowest BCUT2D eigenvalue weighted by molar-refractivity contribution is 0.0954. The van der Waals surface area contributed by atoms with Gasteiger partial charge in [0, 0.05) is 29.6 Å². The lowest BCUT2D eigenvalue weighted by Gasteiger charge is -2.03. The van der Waals surface area contributed by atoms with Gasteiger partial charge in [-0.05, 0) is 12.1 Å². The number of benzene rings is 1. The number of anilines is 1. The number of rotatable bonds is 4. The minimum Gasteiger partial charge on any atom is -0.375 e. The molecule has 0 aliphatic rings. The van der Waals surface area contributed by atoms with Crippen LogP contribution in [0.5, 0.6) is 0 Å². The summed E-state index contributed by atoms with van der Waals surface area (Å²) in [5.74, 6) is -0.0527. The number of nitrogens with two attached hydrogens (primary N) is 1. The topological polar surface area (TPSA) is 68.0 Å². The second-order valence-corrected chi connectivity index (χ2v) is 4.68. The van der Waals surface area contributed by atoms with Crippen molar-refractivity contribution in [3.05, 3.63) is 47.0 Å². The summed E-state index contributed by atoms with van der Waals surface area (Å²) in [5, 5.41) is 3.42. The highest BCUT2D eigenvalue weighted by molar-refractivity contribution is 7.15. The van der Waals surface area contributed by atoms with Gasteiger partial charge in [-0.3, -0.25) is 4.79 Å². The van der Waals surface area contributed by atoms with E-state index in [-0.39, 0.29) is 5.91 Å². The molecule has 1 amide bonds. The van der Waals surface area contributed by atoms with Crippen LogP contribution in [0.25, 0.3) is 0 Å². The van der Waals surface area contributed by atoms with Crippen LogP contribution in [-0.2, 0) is 6.42 Å². The van der Waals surface area contributed by atoms with Gasteiger partial charge in [0.05, 0.1) is 0 Å². The third kappa shape index (κ3) is 3.29. The fourth-order valence-electron chi connectivity index (χ4n) is 1.43. The number of amides is 1. The van der Waals surface area contributed by atoms with Gasteiger partial charge in [0.1, 0.15) is 0 Å². The standard InChI is InChI=1S/C12H13N3OS/c13-12-15-8-10(17-12)6-7-14-11(16)9-4-2-1-3-5-9/h1-5,8H,6-7H2,(H2,13,15)(H,14,16). The molecule has 0 saturated carbocycles. The number of nitrogens with one attached hydrogen (secondary N) is 1. The molecule has 5 heteroatoms. The van der Waals surface area contributed by atoms with Gasteiger partial charge in [-0.25, -0.2) is 4.98 Å². The van der Waals surface area contributed by atoms with Crippen LogP contribution >= 0.6 is 11.3 Å². The molecule has 1 heterocycles. The Kier molecular flexibility index (Phi) is 3.72. The molecule has 0 saturated heterocycles. The van der Waals surface area contributed by atoms with Crippen molar-refractivity contribution < 1.29 is 4.79 Å². The fourth-order valence-corrected chi connectivity index (χ4v) is 2.11. The lowest BCUT2D eigenvalue weighted by Crippen LogP contribution is -2.25. The Morgan fingerprint density at radius 2 is 2.12 bits per heavy atom. The highest BCUT2D eigenvalue weighted by Crippen LogP contribution is 2.14. The van der Waals surface area contributed by atoms with E-state index in [2.05, 4.69) is 10.3 Å². The number of hydrogen-bond acceptors (Lipinski definition) is 4. The highest BCUT2D eigenvalue weighted by Gasteiger charge is 2.04. The highest BCUT2D eigenvalue weighted by atomic mass is 32.1. The maximum Gasteiger partial charge on any atom is 0.251 e. The number of hydrogen-bond donors (Lipinski definition) is 2. The maximum atomic E-state index is 11.7. The van der Waals surface area contributed by atoms with E-state index in [0.717, 1.165) is 11.3 Å². The summed E-state index contributed by atoms with van der Waals surface area (Å²) in [6.45, 7) is 0.593. The normalized spacial score (nSPS) is 10.1. The number of aromatic nitrogens is 1. The van der Waals surface area contributed by atoms with E-state index >= 15 is 0 Å². The minimum absolute atomic E-state index is 0.0527. The summed E-state index contributed by atoms with van der Waals surface area (Å²) in [5.41, 5.74) is 6.20. The first kappa shape index (κ1) is 11.6. The average molecular weight is 247 g/mol. The molecule has 0 aliphatic carbocycles. The van der Waals surface area contributed by atoms with Crippen LogP contribution in [-0.4, -0.2) is 17.4 Å². The van der Waals surface area contributed by atoms with E-state index in [4.69, 9.17) is 5.73 Å². The number of thiazole rings is 1. The molecule has 1 aromatic heterocycles. The molecule has 1 aromatic carbocycles. The van der Waals surface area contributed by atoms with Crippen molar-refractivity contribution in [3.8, 4) is 0 Å². The first-order chi connectivity index (χ1) is 8.25. The third-order valence-electron chi connectivity index (χ3n) is 2.26. The van der Waals surface area contributed by atoms with E-state index in [0.29, 0.717) is 17.2 Å². The van der Waals surface area contributed by atoms with Gasteiger partial charge in [-0.1, -0.05) is 18.2 Å². The SMILES string of the molecule is Nc1ncc(CCNC(=O)c2ccccc2)s1. The maximum absolute atomic E-state index is 11.7. The molecule has 4 nitrogen and oxygen atoms in total. The Labute approximate surface area is 103 Å². The molecule has 2 rings (SSSR count). The third-order valence-corrected chi connectivity index (χ3v) is 3.15. The monoisotopic (exact) mass is 247 g/mol. The van der Waals surface area contributed by atoms with E-state index in [1.807, 2.05) is 18.2 Å². The Morgan fingerprint density at radius 1 is 1.35 bits per heavy atom. The van der Waals surface area contributed by atoms with E-state index in [1.54, 1.807) is 18.3 Å². The van der Waals surface area contributed by atoms with Crippen LogP contribution < -0.4 is 11.1 Å². The van der Waals surface area contributed by atoms with Crippen LogP contribution in [0.3, 0.4) is 0 Å². The molecule has 2 aromatic rings. The van der Waals surface area contributed by atoms with Gasteiger partial charge in [0.15, 0.2) is 5.13 Å². The number of carbonyl (C=O) groups is 1. The van der Waals surface area contributed by atoms with Gasteiger partial charge >= 0.3 is 0 Å². The summed E-state index contributed by atoms with van der Waals surface area (Å²) in [6.07, 6.45) is 2.50. The fraction of sp³-hybridized carbons (Fsp3) is 0.167. The molecule has 0 fully saturated rings. The zero-order valence-electron chi connectivity index (χ0n) is 9.22. The predicted octanol–water partition coefficient (Wildman–Crippen LogP) is 1.70. The van der Waals surface area contributed by atoms with Crippen molar-refractivity contribution in [2.75, 3.05) is 12.3 Å². The van der Waals surface area contributed by atoms with Crippen molar-refractivity contribution in [2.45, 2.75) is 6.42 Å². The van der Waals surface area contributed by atoms with Crippen LogP contribution in [0.1, 0.15) is 15.2 Å². The molecule has 0 unspecified atom stereocenters. The van der Waals surface area contributed by atoms with Crippen LogP contribution in [0.2, 0.25) is 0 Å². The van der Waals surface area contributed by atoms with Gasteiger partial charge in [-0.15, -0.1) is 11.3 Å². The Morgan fingerprint density at radius 3 is 2.76 bits per heavy atom. The molecule has 0 aliphatic heterocycles. The Bertz CT molecular complexity index is 495. The van der Waals surface area contributed by atoms with E-state index in [9.17, 15) is 4.79 Å². The second-order valence-electron chi connectivity index (χ2n) is 3.54. The molecule has 0 spiro atoms. The number of nitrogens with zero attached hydrogens (tertiary/aromatic N) is 1. The molecular weight excluding hydrogens is 234 g/mol. The van der Waals surface area contributed by atoms with Crippen LogP contribution in [0.15, 0.2) is 36.5 Å². The van der Waals surface area contributed by atoms with Gasteiger partial charge in [0.25, 0.3) is 5.91 Å². The largest absolute Gasteiger partial charge is 0.375 e. The quantitative estimate of drug-likeness (QED) is 0.864. The number of nitrogen functional groups attached to an aromatic ring is 1. The van der Waals surface area contributed by atoms with Crippen molar-refractivity contribution in [3.63, 3.8) is 0 Å². The first-order valence-corrected chi connectivity index (χ1v) is 6.11. The molecule has 0 radical (unpaired) electrons. The van der Waals surface area contributed by atoms with Crippen molar-refractivity contribution in [2.24, 2.45) is 0 Å². The van der Waals surface area contributed by atoms with Gasteiger partial charge in [-0.2, -0.15) is 0 Å². The summed E-state index contributed by atoms with van der Waals surface area (Å²) in [7, 11) is 0. The van der Waals surface area contributed by atoms with Crippen molar-refractivity contribution >= 4 is 22.4 Å². The van der Waals surface area contributed by atoms with Gasteiger partial charge < -0.3 is 11.1 Å². The van der Waals surface area contributed by atoms with E-state index in [1.165, 1.54) is 11.3 Å². The zero-order chi connectivity index (χ0) is 12.1. The molecule has 17 heavy (non-hydrogen) atoms. The number of carbonyl (C=O) groups excluding carboxylic acids is 1. The second kappa shape index (κ2) is 5.45. The minimum atomic E-state index is -0.0527. The Balaban J connectivity index is 1.81. The van der Waals surface area contributed by atoms with Crippen LogP contribution in [0.4, 0.5) is 5.13 Å². The molecule has 0 bridgehead atoms. The summed E-state index contributed by atoms with van der Waals surface area (Å²) >= 11 is 1.45. The van der Waals surface area contributed by atoms with Gasteiger partial charge in [0.2, 0.25) is 0 Å². The zero-order valence-corrected chi connectivity index (χ0v) is 10.0. The molecule has 0 atom stereocenters. The molecule has 88 valence electrons. The molecular formula is C12H13N3OS.